The maximum Gasteiger partial charge on any atom is 0.305 e. The highest BCUT2D eigenvalue weighted by Crippen LogP contribution is 2.30. The van der Waals surface area contributed by atoms with E-state index in [4.69, 9.17) is 9.47 Å². The summed E-state index contributed by atoms with van der Waals surface area (Å²) in [6.45, 7) is 6.08. The molecule has 0 bridgehead atoms. The summed E-state index contributed by atoms with van der Waals surface area (Å²) in [5.41, 5.74) is 4.26. The summed E-state index contributed by atoms with van der Waals surface area (Å²) in [5.74, 6) is 0.0168. The van der Waals surface area contributed by atoms with Gasteiger partial charge in [-0.1, -0.05) is 18.2 Å². The molecule has 0 aliphatic carbocycles. The zero-order valence-corrected chi connectivity index (χ0v) is 21.0. The summed E-state index contributed by atoms with van der Waals surface area (Å²) >= 11 is 0. The Bertz CT molecular complexity index is 1300. The van der Waals surface area contributed by atoms with Crippen LogP contribution in [0.2, 0.25) is 0 Å². The lowest BCUT2D eigenvalue weighted by Gasteiger charge is -2.34. The number of aromatic nitrogens is 2. The van der Waals surface area contributed by atoms with Crippen molar-refractivity contribution in [3.63, 3.8) is 0 Å². The van der Waals surface area contributed by atoms with Gasteiger partial charge >= 0.3 is 5.97 Å². The zero-order valence-electron chi connectivity index (χ0n) is 21.0. The lowest BCUT2D eigenvalue weighted by Crippen LogP contribution is -2.38. The highest BCUT2D eigenvalue weighted by Gasteiger charge is 2.28. The van der Waals surface area contributed by atoms with Crippen LogP contribution in [0.15, 0.2) is 60.6 Å². The van der Waals surface area contributed by atoms with Gasteiger partial charge in [-0.2, -0.15) is 9.13 Å². The first-order valence-electron chi connectivity index (χ1n) is 11.9. The summed E-state index contributed by atoms with van der Waals surface area (Å²) < 4.78 is 27.8. The third-order valence-electron chi connectivity index (χ3n) is 6.47. The van der Waals surface area contributed by atoms with Crippen molar-refractivity contribution in [2.75, 3.05) is 13.7 Å². The molecule has 2 aromatic carbocycles. The normalized spacial score (nSPS) is 15.8. The molecule has 1 aliphatic heterocycles. The lowest BCUT2D eigenvalue weighted by molar-refractivity contribution is -0.596. The van der Waals surface area contributed by atoms with Gasteiger partial charge in [0.15, 0.2) is 11.4 Å². The van der Waals surface area contributed by atoms with E-state index in [1.165, 1.54) is 19.1 Å². The number of piperidine rings is 1. The molecule has 3 aromatic rings. The van der Waals surface area contributed by atoms with Gasteiger partial charge in [0.25, 0.3) is 6.33 Å². The number of amides is 1. The Morgan fingerprint density at radius 3 is 2.67 bits per heavy atom. The second-order valence-corrected chi connectivity index (χ2v) is 8.96. The van der Waals surface area contributed by atoms with Gasteiger partial charge in [0.1, 0.15) is 17.7 Å². The van der Waals surface area contributed by atoms with E-state index in [0.29, 0.717) is 18.7 Å². The Balaban J connectivity index is 1.56. The van der Waals surface area contributed by atoms with Crippen LogP contribution in [-0.4, -0.2) is 35.0 Å². The van der Waals surface area contributed by atoms with Crippen molar-refractivity contribution in [2.24, 2.45) is 0 Å². The predicted molar refractivity (Wildman–Crippen MR) is 133 cm³/mol. The Hall–Kier alpha value is -3.94. The van der Waals surface area contributed by atoms with Gasteiger partial charge in [0.2, 0.25) is 12.6 Å². The predicted octanol–water partition coefficient (Wildman–Crippen LogP) is 4.51. The molecule has 188 valence electrons. The average Bonchev–Trinajstić information content (AvgIpc) is 3.24. The van der Waals surface area contributed by atoms with Crippen LogP contribution < -0.4 is 9.30 Å². The fraction of sp³-hybridized carbons (Fsp3) is 0.321. The Morgan fingerprint density at radius 2 is 1.97 bits per heavy atom. The Labute approximate surface area is 210 Å². The molecule has 2 heterocycles. The quantitative estimate of drug-likeness (QED) is 0.277. The van der Waals surface area contributed by atoms with Crippen molar-refractivity contribution in [3.05, 3.63) is 83.2 Å². The van der Waals surface area contributed by atoms with Crippen LogP contribution in [0.4, 0.5) is 4.39 Å². The molecule has 0 N–H and O–H groups in total. The molecule has 1 atom stereocenters. The van der Waals surface area contributed by atoms with Crippen LogP contribution in [0.3, 0.4) is 0 Å². The molecule has 8 heteroatoms. The molecule has 1 aliphatic rings. The maximum atomic E-state index is 13.3. The molecule has 1 aromatic heterocycles. The Morgan fingerprint density at radius 1 is 1.22 bits per heavy atom. The number of carbonyl (C=O) groups is 2. The fourth-order valence-corrected chi connectivity index (χ4v) is 4.43. The number of carbonyl (C=O) groups excluding carboxylic acids is 2. The second-order valence-electron chi connectivity index (χ2n) is 8.96. The van der Waals surface area contributed by atoms with Crippen molar-refractivity contribution >= 4 is 18.0 Å². The molecule has 0 radical (unpaired) electrons. The fourth-order valence-electron chi connectivity index (χ4n) is 4.43. The molecule has 1 fully saturated rings. The molecule has 1 amide bonds. The number of hydrogen-bond acceptors (Lipinski definition) is 4. The monoisotopic (exact) mass is 492 g/mol. The van der Waals surface area contributed by atoms with Gasteiger partial charge in [-0.3, -0.25) is 9.59 Å². The first-order valence-corrected chi connectivity index (χ1v) is 11.9. The number of rotatable bonds is 7. The van der Waals surface area contributed by atoms with E-state index < -0.39 is 0 Å². The lowest BCUT2D eigenvalue weighted by atomic mass is 9.97. The van der Waals surface area contributed by atoms with E-state index in [1.807, 2.05) is 64.7 Å². The van der Waals surface area contributed by atoms with Crippen LogP contribution >= 0.6 is 0 Å². The number of hydrogen-bond donors (Lipinski definition) is 0. The maximum absolute atomic E-state index is 13.3. The Kier molecular flexibility index (Phi) is 7.52. The van der Waals surface area contributed by atoms with Crippen molar-refractivity contribution in [3.8, 4) is 11.4 Å². The highest BCUT2D eigenvalue weighted by atomic mass is 19.1. The highest BCUT2D eigenvalue weighted by molar-refractivity contribution is 5.98. The van der Waals surface area contributed by atoms with Crippen molar-refractivity contribution in [1.82, 2.24) is 9.47 Å². The van der Waals surface area contributed by atoms with E-state index in [-0.39, 0.29) is 30.5 Å². The largest absolute Gasteiger partial charge is 0.492 e. The van der Waals surface area contributed by atoms with Crippen LogP contribution in [-0.2, 0) is 21.1 Å². The van der Waals surface area contributed by atoms with E-state index in [2.05, 4.69) is 0 Å². The van der Waals surface area contributed by atoms with E-state index in [1.54, 1.807) is 19.2 Å². The average molecular weight is 493 g/mol. The van der Waals surface area contributed by atoms with Crippen molar-refractivity contribution in [1.29, 1.82) is 0 Å². The molecular weight excluding hydrogens is 461 g/mol. The van der Waals surface area contributed by atoms with Gasteiger partial charge < -0.3 is 14.4 Å². The number of halogens is 1. The smallest absolute Gasteiger partial charge is 0.305 e. The minimum absolute atomic E-state index is 0.00586. The first kappa shape index (κ1) is 25.2. The molecule has 0 spiro atoms. The third-order valence-corrected chi connectivity index (χ3v) is 6.47. The number of ether oxygens (including phenoxy) is 2. The molecule has 1 saturated heterocycles. The van der Waals surface area contributed by atoms with Crippen LogP contribution in [0, 0.1) is 12.7 Å². The molecule has 7 nitrogen and oxygen atoms in total. The number of aryl methyl sites for hydroxylation is 1. The second kappa shape index (κ2) is 10.8. The molecular formula is C28H31FN3O4+. The third kappa shape index (κ3) is 5.48. The first-order chi connectivity index (χ1) is 17.3. The summed E-state index contributed by atoms with van der Waals surface area (Å²) in [7, 11) is 1.61. The van der Waals surface area contributed by atoms with Gasteiger partial charge in [-0.05, 0) is 61.2 Å². The number of nitrogens with zero attached hydrogens (tertiary/aromatic N) is 3. The standard InChI is InChI=1S/C28H31FN3O4/c1-19-16-30(17-31(19)18-36-21(3)33)26-12-7-22(15-27(26)35-4)14-24-6-5-13-32(28(24)34)20(2)23-8-10-25(29)11-9-23/h7-12,14-17,20H,5-6,13,18H2,1-4H3/q+1/t20-/m0/s1. The van der Waals surface area contributed by atoms with Crippen LogP contribution in [0.5, 0.6) is 5.75 Å². The number of likely N-dealkylation sites (tertiary alicyclic amines) is 1. The SMILES string of the molecule is COc1cc(C=C2CCCN([C@@H](C)c3ccc(F)cc3)C2=O)ccc1-[n+]1cc(C)n(COC(C)=O)c1. The minimum atomic E-state index is -0.340. The van der Waals surface area contributed by atoms with Crippen molar-refractivity contribution in [2.45, 2.75) is 46.4 Å². The molecule has 36 heavy (non-hydrogen) atoms. The van der Waals surface area contributed by atoms with Gasteiger partial charge in [-0.25, -0.2) is 4.39 Å². The number of benzene rings is 2. The number of methoxy groups -OCH3 is 1. The summed E-state index contributed by atoms with van der Waals surface area (Å²) in [4.78, 5) is 26.3. The zero-order chi connectivity index (χ0) is 25.8. The van der Waals surface area contributed by atoms with Crippen LogP contribution in [0.1, 0.15) is 49.6 Å². The van der Waals surface area contributed by atoms with Gasteiger partial charge in [0.05, 0.1) is 13.2 Å². The van der Waals surface area contributed by atoms with E-state index >= 15 is 0 Å². The number of esters is 1. The molecule has 0 saturated carbocycles. The van der Waals surface area contributed by atoms with Gasteiger partial charge in [0, 0.05) is 26.0 Å². The topological polar surface area (TPSA) is 64.7 Å². The molecule has 4 rings (SSSR count). The summed E-state index contributed by atoms with van der Waals surface area (Å²) in [5, 5.41) is 0. The summed E-state index contributed by atoms with van der Waals surface area (Å²) in [6.07, 6.45) is 7.25. The number of imidazole rings is 1. The van der Waals surface area contributed by atoms with E-state index in [9.17, 15) is 14.0 Å². The minimum Gasteiger partial charge on any atom is -0.492 e. The van der Waals surface area contributed by atoms with Gasteiger partial charge in [-0.15, -0.1) is 0 Å². The summed E-state index contributed by atoms with van der Waals surface area (Å²) in [6, 6.07) is 12.0. The van der Waals surface area contributed by atoms with Crippen LogP contribution in [0.25, 0.3) is 11.8 Å². The van der Waals surface area contributed by atoms with Crippen molar-refractivity contribution < 1.29 is 28.0 Å². The molecule has 0 unspecified atom stereocenters. The van der Waals surface area contributed by atoms with E-state index in [0.717, 1.165) is 34.5 Å².